The highest BCUT2D eigenvalue weighted by atomic mass is 16.4. The Hall–Kier alpha value is -2.18. The Morgan fingerprint density at radius 3 is 2.45 bits per heavy atom. The molecule has 3 atom stereocenters. The van der Waals surface area contributed by atoms with Gasteiger partial charge in [-0.3, -0.25) is 24.5 Å². The SMILES string of the molecule is CC1C(=O)NC(=O)CN1C(=O)C1CC=CCC1C(=O)O. The van der Waals surface area contributed by atoms with Crippen LogP contribution in [0.3, 0.4) is 0 Å². The molecular formula is C13H16N2O5. The number of carboxylic acid groups (broad SMARTS) is 1. The molecule has 3 unspecified atom stereocenters. The molecular weight excluding hydrogens is 264 g/mol. The lowest BCUT2D eigenvalue weighted by Crippen LogP contribution is -2.60. The number of nitrogens with zero attached hydrogens (tertiary/aromatic N) is 1. The number of carboxylic acids is 1. The van der Waals surface area contributed by atoms with Gasteiger partial charge in [-0.25, -0.2) is 0 Å². The lowest BCUT2D eigenvalue weighted by atomic mass is 9.81. The van der Waals surface area contributed by atoms with Gasteiger partial charge in [0.05, 0.1) is 11.8 Å². The molecule has 1 aliphatic heterocycles. The molecule has 0 bridgehead atoms. The van der Waals surface area contributed by atoms with Crippen molar-refractivity contribution in [2.45, 2.75) is 25.8 Å². The summed E-state index contributed by atoms with van der Waals surface area (Å²) in [5.41, 5.74) is 0. The first-order valence-electron chi connectivity index (χ1n) is 6.43. The van der Waals surface area contributed by atoms with E-state index in [0.29, 0.717) is 6.42 Å². The van der Waals surface area contributed by atoms with Crippen molar-refractivity contribution >= 4 is 23.7 Å². The van der Waals surface area contributed by atoms with E-state index in [-0.39, 0.29) is 13.0 Å². The third-order valence-electron chi connectivity index (χ3n) is 3.77. The first-order chi connectivity index (χ1) is 9.41. The fourth-order valence-electron chi connectivity index (χ4n) is 2.56. The fraction of sp³-hybridized carbons (Fsp3) is 0.538. The predicted molar refractivity (Wildman–Crippen MR) is 67.3 cm³/mol. The normalized spacial score (nSPS) is 30.1. The van der Waals surface area contributed by atoms with Gasteiger partial charge in [0.1, 0.15) is 12.6 Å². The lowest BCUT2D eigenvalue weighted by molar-refractivity contribution is -0.156. The molecule has 7 nitrogen and oxygen atoms in total. The zero-order chi connectivity index (χ0) is 14.9. The fourth-order valence-corrected chi connectivity index (χ4v) is 2.56. The minimum Gasteiger partial charge on any atom is -0.481 e. The molecule has 1 fully saturated rings. The standard InChI is InChI=1S/C13H16N2O5/c1-7-11(17)14-10(16)6-15(7)12(18)8-4-2-3-5-9(8)13(19)20/h2-3,7-9H,4-6H2,1H3,(H,19,20)(H,14,16,17). The van der Waals surface area contributed by atoms with Crippen LogP contribution in [0.15, 0.2) is 12.2 Å². The van der Waals surface area contributed by atoms with Crippen LogP contribution in [-0.4, -0.2) is 46.3 Å². The smallest absolute Gasteiger partial charge is 0.307 e. The molecule has 108 valence electrons. The summed E-state index contributed by atoms with van der Waals surface area (Å²) in [5, 5.41) is 11.3. The number of carbonyl (C=O) groups is 4. The van der Waals surface area contributed by atoms with Crippen molar-refractivity contribution in [3.63, 3.8) is 0 Å². The molecule has 2 aliphatic rings. The number of imide groups is 1. The van der Waals surface area contributed by atoms with E-state index in [9.17, 15) is 24.3 Å². The highest BCUT2D eigenvalue weighted by molar-refractivity contribution is 6.04. The van der Waals surface area contributed by atoms with E-state index in [0.717, 1.165) is 0 Å². The predicted octanol–water partition coefficient (Wildman–Crippen LogP) is -0.473. The maximum Gasteiger partial charge on any atom is 0.307 e. The number of carbonyl (C=O) groups excluding carboxylic acids is 3. The first-order valence-corrected chi connectivity index (χ1v) is 6.43. The van der Waals surface area contributed by atoms with Crippen molar-refractivity contribution in [1.82, 2.24) is 10.2 Å². The minimum atomic E-state index is -1.03. The summed E-state index contributed by atoms with van der Waals surface area (Å²) in [6, 6.07) is -0.763. The van der Waals surface area contributed by atoms with Gasteiger partial charge in [-0.05, 0) is 19.8 Å². The van der Waals surface area contributed by atoms with Gasteiger partial charge in [-0.1, -0.05) is 12.2 Å². The van der Waals surface area contributed by atoms with E-state index in [1.54, 1.807) is 12.2 Å². The summed E-state index contributed by atoms with van der Waals surface area (Å²) < 4.78 is 0. The van der Waals surface area contributed by atoms with Crippen molar-refractivity contribution in [3.8, 4) is 0 Å². The number of hydrogen-bond acceptors (Lipinski definition) is 4. The van der Waals surface area contributed by atoms with E-state index >= 15 is 0 Å². The molecule has 7 heteroatoms. The topological polar surface area (TPSA) is 104 Å². The number of amides is 3. The monoisotopic (exact) mass is 280 g/mol. The third kappa shape index (κ3) is 2.56. The van der Waals surface area contributed by atoms with E-state index < -0.39 is 41.6 Å². The second-order valence-electron chi connectivity index (χ2n) is 5.05. The lowest BCUT2D eigenvalue weighted by Gasteiger charge is -2.36. The van der Waals surface area contributed by atoms with E-state index in [1.165, 1.54) is 11.8 Å². The Morgan fingerprint density at radius 1 is 1.25 bits per heavy atom. The van der Waals surface area contributed by atoms with Crippen LogP contribution in [0.5, 0.6) is 0 Å². The quantitative estimate of drug-likeness (QED) is 0.525. The van der Waals surface area contributed by atoms with Crippen LogP contribution in [0.25, 0.3) is 0 Å². The van der Waals surface area contributed by atoms with Crippen LogP contribution < -0.4 is 5.32 Å². The second kappa shape index (κ2) is 5.44. The van der Waals surface area contributed by atoms with Crippen LogP contribution in [0, 0.1) is 11.8 Å². The molecule has 2 rings (SSSR count). The first kappa shape index (κ1) is 14.2. The summed E-state index contributed by atoms with van der Waals surface area (Å²) >= 11 is 0. The summed E-state index contributed by atoms with van der Waals surface area (Å²) in [7, 11) is 0. The Balaban J connectivity index is 2.20. The molecule has 1 saturated heterocycles. The van der Waals surface area contributed by atoms with E-state index in [1.807, 2.05) is 0 Å². The molecule has 20 heavy (non-hydrogen) atoms. The average Bonchev–Trinajstić information content (AvgIpc) is 2.42. The molecule has 0 saturated carbocycles. The van der Waals surface area contributed by atoms with Gasteiger partial charge in [0.15, 0.2) is 0 Å². The Kier molecular flexibility index (Phi) is 3.87. The summed E-state index contributed by atoms with van der Waals surface area (Å²) in [6.45, 7) is 1.31. The largest absolute Gasteiger partial charge is 0.481 e. The zero-order valence-electron chi connectivity index (χ0n) is 11.0. The number of rotatable bonds is 2. The van der Waals surface area contributed by atoms with Crippen LogP contribution in [-0.2, 0) is 19.2 Å². The van der Waals surface area contributed by atoms with E-state index in [4.69, 9.17) is 0 Å². The maximum absolute atomic E-state index is 12.5. The molecule has 0 radical (unpaired) electrons. The van der Waals surface area contributed by atoms with Crippen LogP contribution in [0.2, 0.25) is 0 Å². The van der Waals surface area contributed by atoms with Crippen molar-refractivity contribution < 1.29 is 24.3 Å². The Labute approximate surface area is 115 Å². The summed E-state index contributed by atoms with van der Waals surface area (Å²) in [5.74, 6) is -4.09. The summed E-state index contributed by atoms with van der Waals surface area (Å²) in [4.78, 5) is 47.8. The number of hydrogen-bond donors (Lipinski definition) is 2. The highest BCUT2D eigenvalue weighted by Gasteiger charge is 2.41. The maximum atomic E-state index is 12.5. The molecule has 2 N–H and O–H groups in total. The minimum absolute atomic E-state index is 0.210. The molecule has 1 heterocycles. The van der Waals surface area contributed by atoms with Crippen LogP contribution in [0.4, 0.5) is 0 Å². The number of aliphatic carboxylic acids is 1. The second-order valence-corrected chi connectivity index (χ2v) is 5.05. The van der Waals surface area contributed by atoms with Gasteiger partial charge in [0.2, 0.25) is 17.7 Å². The van der Waals surface area contributed by atoms with Crippen LogP contribution in [0.1, 0.15) is 19.8 Å². The molecule has 0 aromatic rings. The molecule has 1 aliphatic carbocycles. The van der Waals surface area contributed by atoms with Crippen LogP contribution >= 0.6 is 0 Å². The molecule has 0 aromatic heterocycles. The van der Waals surface area contributed by atoms with Gasteiger partial charge >= 0.3 is 5.97 Å². The summed E-state index contributed by atoms with van der Waals surface area (Å²) in [6.07, 6.45) is 4.10. The Bertz CT molecular complexity index is 495. The van der Waals surface area contributed by atoms with Crippen molar-refractivity contribution in [2.24, 2.45) is 11.8 Å². The molecule has 3 amide bonds. The van der Waals surface area contributed by atoms with Crippen molar-refractivity contribution in [3.05, 3.63) is 12.2 Å². The van der Waals surface area contributed by atoms with Gasteiger partial charge < -0.3 is 10.0 Å². The number of nitrogens with one attached hydrogen (secondary N) is 1. The van der Waals surface area contributed by atoms with E-state index in [2.05, 4.69) is 5.32 Å². The van der Waals surface area contributed by atoms with Gasteiger partial charge in [0.25, 0.3) is 0 Å². The highest BCUT2D eigenvalue weighted by Crippen LogP contribution is 2.28. The van der Waals surface area contributed by atoms with Gasteiger partial charge in [0, 0.05) is 0 Å². The zero-order valence-corrected chi connectivity index (χ0v) is 11.0. The Morgan fingerprint density at radius 2 is 1.85 bits per heavy atom. The van der Waals surface area contributed by atoms with Crippen molar-refractivity contribution in [2.75, 3.05) is 6.54 Å². The number of allylic oxidation sites excluding steroid dienone is 2. The molecule has 0 spiro atoms. The number of piperazine rings is 1. The molecule has 0 aromatic carbocycles. The van der Waals surface area contributed by atoms with Crippen molar-refractivity contribution in [1.29, 1.82) is 0 Å². The third-order valence-corrected chi connectivity index (χ3v) is 3.77. The van der Waals surface area contributed by atoms with Gasteiger partial charge in [-0.15, -0.1) is 0 Å². The van der Waals surface area contributed by atoms with Gasteiger partial charge in [-0.2, -0.15) is 0 Å². The average molecular weight is 280 g/mol.